The Morgan fingerprint density at radius 3 is 2.81 bits per heavy atom. The van der Waals surface area contributed by atoms with Gasteiger partial charge in [0.25, 0.3) is 0 Å². The summed E-state index contributed by atoms with van der Waals surface area (Å²) in [5.74, 6) is 0. The second-order valence-corrected chi connectivity index (χ2v) is 5.09. The molecule has 2 N–H and O–H groups in total. The molecule has 1 aromatic heterocycles. The monoisotopic (exact) mass is 286 g/mol. The first-order valence-corrected chi connectivity index (χ1v) is 7.15. The van der Waals surface area contributed by atoms with Gasteiger partial charge in [0, 0.05) is 25.5 Å². The first kappa shape index (κ1) is 15.6. The summed E-state index contributed by atoms with van der Waals surface area (Å²) in [6.45, 7) is 4.12. The fourth-order valence-electron chi connectivity index (χ4n) is 2.00. The van der Waals surface area contributed by atoms with E-state index in [1.54, 1.807) is 6.20 Å². The van der Waals surface area contributed by atoms with Crippen LogP contribution in [0.5, 0.6) is 0 Å². The minimum absolute atomic E-state index is 0.327. The van der Waals surface area contributed by atoms with Crippen molar-refractivity contribution in [3.05, 3.63) is 65.5 Å². The van der Waals surface area contributed by atoms with Gasteiger partial charge in [-0.2, -0.15) is 0 Å². The summed E-state index contributed by atoms with van der Waals surface area (Å²) >= 11 is 0. The molecule has 0 bridgehead atoms. The van der Waals surface area contributed by atoms with Crippen molar-refractivity contribution >= 4 is 0 Å². The van der Waals surface area contributed by atoms with Gasteiger partial charge in [0.1, 0.15) is 0 Å². The van der Waals surface area contributed by atoms with Gasteiger partial charge in [0.2, 0.25) is 0 Å². The van der Waals surface area contributed by atoms with Crippen molar-refractivity contribution in [3.63, 3.8) is 0 Å². The van der Waals surface area contributed by atoms with Crippen molar-refractivity contribution in [1.29, 1.82) is 0 Å². The lowest BCUT2D eigenvalue weighted by Gasteiger charge is -2.13. The Hall–Kier alpha value is -1.75. The second-order valence-electron chi connectivity index (χ2n) is 5.09. The third kappa shape index (κ3) is 5.63. The lowest BCUT2D eigenvalue weighted by Crippen LogP contribution is -2.30. The maximum atomic E-state index is 9.87. The van der Waals surface area contributed by atoms with Crippen LogP contribution in [0.15, 0.2) is 48.8 Å². The van der Waals surface area contributed by atoms with Crippen LogP contribution in [0.25, 0.3) is 0 Å². The van der Waals surface area contributed by atoms with Crippen molar-refractivity contribution in [2.24, 2.45) is 0 Å². The van der Waals surface area contributed by atoms with Crippen LogP contribution in [0, 0.1) is 6.92 Å². The average Bonchev–Trinajstić information content (AvgIpc) is 2.50. The molecule has 0 amide bonds. The van der Waals surface area contributed by atoms with Gasteiger partial charge in [0.05, 0.1) is 19.3 Å². The van der Waals surface area contributed by atoms with E-state index in [0.29, 0.717) is 26.3 Å². The topological polar surface area (TPSA) is 54.4 Å². The molecule has 0 saturated heterocycles. The summed E-state index contributed by atoms with van der Waals surface area (Å²) in [6.07, 6.45) is 3.12. The molecule has 4 nitrogen and oxygen atoms in total. The van der Waals surface area contributed by atoms with E-state index in [1.807, 2.05) is 42.6 Å². The molecule has 0 aliphatic carbocycles. The Labute approximate surface area is 125 Å². The molecule has 0 radical (unpaired) electrons. The predicted octanol–water partition coefficient (Wildman–Crippen LogP) is 2.06. The van der Waals surface area contributed by atoms with E-state index in [1.165, 1.54) is 5.56 Å². The number of rotatable bonds is 8. The number of nitrogens with one attached hydrogen (secondary N) is 1. The van der Waals surface area contributed by atoms with Gasteiger partial charge < -0.3 is 15.2 Å². The highest BCUT2D eigenvalue weighted by Gasteiger charge is 2.05. The molecule has 112 valence electrons. The number of hydrogen-bond acceptors (Lipinski definition) is 4. The summed E-state index contributed by atoms with van der Waals surface area (Å²) in [5, 5.41) is 13.1. The third-order valence-corrected chi connectivity index (χ3v) is 3.26. The van der Waals surface area contributed by atoms with Gasteiger partial charge in [-0.1, -0.05) is 30.3 Å². The third-order valence-electron chi connectivity index (χ3n) is 3.26. The molecule has 1 heterocycles. The second kappa shape index (κ2) is 8.52. The van der Waals surface area contributed by atoms with E-state index in [4.69, 9.17) is 4.74 Å². The maximum absolute atomic E-state index is 9.87. The molecule has 21 heavy (non-hydrogen) atoms. The van der Waals surface area contributed by atoms with Crippen LogP contribution in [-0.2, 0) is 17.9 Å². The van der Waals surface area contributed by atoms with Crippen LogP contribution < -0.4 is 5.32 Å². The maximum Gasteiger partial charge on any atom is 0.0897 e. The molecule has 0 fully saturated rings. The van der Waals surface area contributed by atoms with E-state index in [9.17, 15) is 5.11 Å². The van der Waals surface area contributed by atoms with Crippen molar-refractivity contribution in [3.8, 4) is 0 Å². The molecule has 1 atom stereocenters. The molecule has 0 aliphatic rings. The SMILES string of the molecule is Cc1ccncc1CNCC(O)COCc1ccccc1. The fraction of sp³-hybridized carbons (Fsp3) is 0.353. The lowest BCUT2D eigenvalue weighted by atomic mass is 10.1. The highest BCUT2D eigenvalue weighted by Crippen LogP contribution is 2.04. The zero-order valence-electron chi connectivity index (χ0n) is 12.3. The largest absolute Gasteiger partial charge is 0.389 e. The smallest absolute Gasteiger partial charge is 0.0897 e. The van der Waals surface area contributed by atoms with Crippen LogP contribution in [0.2, 0.25) is 0 Å². The zero-order chi connectivity index (χ0) is 14.9. The van der Waals surface area contributed by atoms with Gasteiger partial charge >= 0.3 is 0 Å². The molecule has 0 saturated carbocycles. The van der Waals surface area contributed by atoms with E-state index in [2.05, 4.69) is 17.2 Å². The summed E-state index contributed by atoms with van der Waals surface area (Å²) in [6, 6.07) is 11.9. The number of hydrogen-bond donors (Lipinski definition) is 2. The van der Waals surface area contributed by atoms with Crippen molar-refractivity contribution in [2.45, 2.75) is 26.2 Å². The minimum atomic E-state index is -0.509. The molecule has 4 heteroatoms. The first-order valence-electron chi connectivity index (χ1n) is 7.15. The summed E-state index contributed by atoms with van der Waals surface area (Å²) in [5.41, 5.74) is 3.46. The first-order chi connectivity index (χ1) is 10.3. The number of pyridine rings is 1. The Kier molecular flexibility index (Phi) is 6.34. The van der Waals surface area contributed by atoms with Crippen LogP contribution in [-0.4, -0.2) is 29.3 Å². The Balaban J connectivity index is 1.62. The number of aromatic nitrogens is 1. The fourth-order valence-corrected chi connectivity index (χ4v) is 2.00. The predicted molar refractivity (Wildman–Crippen MR) is 82.8 cm³/mol. The van der Waals surface area contributed by atoms with E-state index < -0.39 is 6.10 Å². The molecule has 1 unspecified atom stereocenters. The average molecular weight is 286 g/mol. The quantitative estimate of drug-likeness (QED) is 0.780. The number of ether oxygens (including phenoxy) is 1. The van der Waals surface area contributed by atoms with Gasteiger partial charge in [-0.25, -0.2) is 0 Å². The van der Waals surface area contributed by atoms with Crippen molar-refractivity contribution < 1.29 is 9.84 Å². The van der Waals surface area contributed by atoms with Gasteiger partial charge in [-0.3, -0.25) is 4.98 Å². The zero-order valence-corrected chi connectivity index (χ0v) is 12.3. The molecule has 1 aromatic carbocycles. The van der Waals surface area contributed by atoms with E-state index >= 15 is 0 Å². The van der Waals surface area contributed by atoms with E-state index in [-0.39, 0.29) is 0 Å². The van der Waals surface area contributed by atoms with Gasteiger partial charge in [-0.15, -0.1) is 0 Å². The molecule has 0 aliphatic heterocycles. The standard InChI is InChI=1S/C17H22N2O2/c1-14-7-8-18-9-16(14)10-19-11-17(20)13-21-12-15-5-3-2-4-6-15/h2-9,17,19-20H,10-13H2,1H3. The van der Waals surface area contributed by atoms with Crippen molar-refractivity contribution in [2.75, 3.05) is 13.2 Å². The van der Waals surface area contributed by atoms with Crippen LogP contribution in [0.3, 0.4) is 0 Å². The number of benzene rings is 1. The highest BCUT2D eigenvalue weighted by atomic mass is 16.5. The Morgan fingerprint density at radius 1 is 1.24 bits per heavy atom. The normalized spacial score (nSPS) is 12.3. The Bertz CT molecular complexity index is 531. The van der Waals surface area contributed by atoms with Crippen molar-refractivity contribution in [1.82, 2.24) is 10.3 Å². The highest BCUT2D eigenvalue weighted by molar-refractivity contribution is 5.21. The number of aryl methyl sites for hydroxylation is 1. The van der Waals surface area contributed by atoms with Gasteiger partial charge in [-0.05, 0) is 29.7 Å². The number of aliphatic hydroxyl groups is 1. The summed E-state index contributed by atoms with van der Waals surface area (Å²) in [7, 11) is 0. The van der Waals surface area contributed by atoms with Crippen LogP contribution >= 0.6 is 0 Å². The Morgan fingerprint density at radius 2 is 2.05 bits per heavy atom. The summed E-state index contributed by atoms with van der Waals surface area (Å²) in [4.78, 5) is 4.10. The lowest BCUT2D eigenvalue weighted by molar-refractivity contribution is 0.0287. The van der Waals surface area contributed by atoms with E-state index in [0.717, 1.165) is 11.1 Å². The summed E-state index contributed by atoms with van der Waals surface area (Å²) < 4.78 is 5.51. The number of aliphatic hydroxyl groups excluding tert-OH is 1. The molecule has 2 aromatic rings. The minimum Gasteiger partial charge on any atom is -0.389 e. The van der Waals surface area contributed by atoms with Crippen LogP contribution in [0.4, 0.5) is 0 Å². The van der Waals surface area contributed by atoms with Gasteiger partial charge in [0.15, 0.2) is 0 Å². The number of nitrogens with zero attached hydrogens (tertiary/aromatic N) is 1. The van der Waals surface area contributed by atoms with Crippen LogP contribution in [0.1, 0.15) is 16.7 Å². The molecule has 2 rings (SSSR count). The molecular weight excluding hydrogens is 264 g/mol. The molecule has 0 spiro atoms. The molecular formula is C17H22N2O2.